The number of aromatic amines is 1. The highest BCUT2D eigenvalue weighted by Crippen LogP contribution is 2.36. The first kappa shape index (κ1) is 18.7. The molecule has 5 rings (SSSR count). The van der Waals surface area contributed by atoms with E-state index in [-0.39, 0.29) is 34.6 Å². The lowest BCUT2D eigenvalue weighted by molar-refractivity contribution is -0.117. The highest BCUT2D eigenvalue weighted by molar-refractivity contribution is 5.95. The van der Waals surface area contributed by atoms with E-state index in [0.29, 0.717) is 43.4 Å². The number of likely N-dealkylation sites (tertiary alicyclic amines) is 1. The Hall–Kier alpha value is -3.35. The van der Waals surface area contributed by atoms with Crippen LogP contribution in [0, 0.1) is 17.7 Å². The molecule has 152 valence electrons. The van der Waals surface area contributed by atoms with E-state index in [1.807, 2.05) is 12.1 Å². The van der Waals surface area contributed by atoms with E-state index in [9.17, 15) is 18.8 Å². The van der Waals surface area contributed by atoms with E-state index >= 15 is 0 Å². The topological polar surface area (TPSA) is 83.1 Å². The Balaban J connectivity index is 1.42. The number of Topliss-reactive ketones (excluding diaryl/α,β-unsaturated/α-hetero) is 1. The van der Waals surface area contributed by atoms with Crippen LogP contribution in [0.2, 0.25) is 0 Å². The number of hydrogen-bond donors (Lipinski definition) is 1. The van der Waals surface area contributed by atoms with Gasteiger partial charge in [0.2, 0.25) is 0 Å². The van der Waals surface area contributed by atoms with Gasteiger partial charge in [-0.25, -0.2) is 9.49 Å². The second-order valence-corrected chi connectivity index (χ2v) is 8.21. The second-order valence-electron chi connectivity index (χ2n) is 8.21. The van der Waals surface area contributed by atoms with Crippen LogP contribution in [0.4, 0.5) is 4.39 Å². The average molecular weight is 405 g/mol. The Morgan fingerprint density at radius 2 is 1.77 bits per heavy atom. The number of carbonyl (C=O) groups excluding carboxylic acids is 2. The molecule has 2 fully saturated rings. The van der Waals surface area contributed by atoms with Gasteiger partial charge in [0.25, 0.3) is 11.5 Å². The number of hydrogen-bond acceptors (Lipinski definition) is 4. The van der Waals surface area contributed by atoms with Gasteiger partial charge in [0, 0.05) is 37.7 Å². The molecule has 0 bridgehead atoms. The molecule has 7 heteroatoms. The van der Waals surface area contributed by atoms with Crippen molar-refractivity contribution in [2.24, 2.45) is 11.8 Å². The minimum atomic E-state index is -0.559. The molecule has 1 saturated heterocycles. The summed E-state index contributed by atoms with van der Waals surface area (Å²) in [4.78, 5) is 38.2. The number of nitrogens with zero attached hydrogens (tertiary/aromatic N) is 2. The van der Waals surface area contributed by atoms with Gasteiger partial charge < -0.3 is 4.90 Å². The number of benzene rings is 2. The van der Waals surface area contributed by atoms with Gasteiger partial charge in [-0.1, -0.05) is 24.3 Å². The summed E-state index contributed by atoms with van der Waals surface area (Å²) in [6.45, 7) is 1.01. The third kappa shape index (κ3) is 3.20. The predicted molar refractivity (Wildman–Crippen MR) is 109 cm³/mol. The maximum Gasteiger partial charge on any atom is 0.272 e. The summed E-state index contributed by atoms with van der Waals surface area (Å²) in [6.07, 6.45) is 1.39. The summed E-state index contributed by atoms with van der Waals surface area (Å²) in [7, 11) is 0. The van der Waals surface area contributed by atoms with Crippen LogP contribution in [0.3, 0.4) is 0 Å². The predicted octanol–water partition coefficient (Wildman–Crippen LogP) is 2.70. The lowest BCUT2D eigenvalue weighted by atomic mass is 10.0. The number of ketones is 1. The summed E-state index contributed by atoms with van der Waals surface area (Å²) >= 11 is 0. The Bertz CT molecular complexity index is 1220. The molecule has 1 N–H and O–H groups in total. The van der Waals surface area contributed by atoms with E-state index in [0.717, 1.165) is 10.9 Å². The van der Waals surface area contributed by atoms with E-state index in [2.05, 4.69) is 10.2 Å². The molecule has 1 amide bonds. The highest BCUT2D eigenvalue weighted by atomic mass is 19.1. The third-order valence-electron chi connectivity index (χ3n) is 6.25. The molecule has 2 heterocycles. The van der Waals surface area contributed by atoms with Crippen molar-refractivity contribution in [3.63, 3.8) is 0 Å². The highest BCUT2D eigenvalue weighted by Gasteiger charge is 2.42. The molecule has 30 heavy (non-hydrogen) atoms. The molecule has 1 aliphatic heterocycles. The summed E-state index contributed by atoms with van der Waals surface area (Å²) in [5.74, 6) is -0.244. The van der Waals surface area contributed by atoms with E-state index < -0.39 is 5.82 Å². The van der Waals surface area contributed by atoms with Crippen molar-refractivity contribution in [3.05, 3.63) is 75.5 Å². The van der Waals surface area contributed by atoms with Crippen molar-refractivity contribution in [3.8, 4) is 0 Å². The van der Waals surface area contributed by atoms with Crippen LogP contribution < -0.4 is 5.56 Å². The van der Waals surface area contributed by atoms with Gasteiger partial charge in [0.15, 0.2) is 0 Å². The summed E-state index contributed by atoms with van der Waals surface area (Å²) < 4.78 is 14.5. The first-order valence-corrected chi connectivity index (χ1v) is 10.1. The molecule has 6 nitrogen and oxygen atoms in total. The van der Waals surface area contributed by atoms with Gasteiger partial charge >= 0.3 is 0 Å². The normalized spacial score (nSPS) is 20.7. The number of aromatic nitrogens is 2. The molecule has 1 aliphatic carbocycles. The van der Waals surface area contributed by atoms with Crippen LogP contribution in [-0.2, 0) is 11.2 Å². The fraction of sp³-hybridized carbons (Fsp3) is 0.304. The van der Waals surface area contributed by atoms with Gasteiger partial charge in [0.1, 0.15) is 11.6 Å². The molecule has 2 atom stereocenters. The average Bonchev–Trinajstić information content (AvgIpc) is 3.28. The van der Waals surface area contributed by atoms with Crippen LogP contribution in [0.1, 0.15) is 34.5 Å². The minimum absolute atomic E-state index is 0.0348. The van der Waals surface area contributed by atoms with Crippen LogP contribution in [-0.4, -0.2) is 39.9 Å². The smallest absolute Gasteiger partial charge is 0.272 e. The summed E-state index contributed by atoms with van der Waals surface area (Å²) in [6, 6.07) is 11.7. The van der Waals surface area contributed by atoms with Crippen molar-refractivity contribution in [1.82, 2.24) is 15.1 Å². The van der Waals surface area contributed by atoms with Gasteiger partial charge in [-0.15, -0.1) is 0 Å². The largest absolute Gasteiger partial charge is 0.338 e. The van der Waals surface area contributed by atoms with E-state index in [4.69, 9.17) is 0 Å². The maximum atomic E-state index is 14.5. The molecule has 3 aromatic rings. The standard InChI is InChI=1S/C23H20FN3O3/c24-20-6-5-13(8-21-17-3-1-2-4-18(17)22(29)26-25-21)7-19(20)23(30)27-11-14-9-16(28)10-15(14)12-27/h1-7,14-15H,8-12H2,(H,26,29). The number of amides is 1. The van der Waals surface area contributed by atoms with Crippen LogP contribution in [0.5, 0.6) is 0 Å². The SMILES string of the molecule is O=C1CC2CN(C(=O)c3cc(Cc4n[nH]c(=O)c5ccccc45)ccc3F)CC2C1. The van der Waals surface area contributed by atoms with Crippen LogP contribution in [0.25, 0.3) is 10.8 Å². The van der Waals surface area contributed by atoms with Crippen LogP contribution in [0.15, 0.2) is 47.3 Å². The molecule has 2 unspecified atom stereocenters. The zero-order valence-corrected chi connectivity index (χ0v) is 16.2. The number of fused-ring (bicyclic) bond motifs is 2. The van der Waals surface area contributed by atoms with E-state index in [1.54, 1.807) is 29.2 Å². The van der Waals surface area contributed by atoms with Crippen molar-refractivity contribution in [2.45, 2.75) is 19.3 Å². The molecule has 2 aromatic carbocycles. The molecular formula is C23H20FN3O3. The number of H-pyrrole nitrogens is 1. The van der Waals surface area contributed by atoms with Gasteiger partial charge in [-0.05, 0) is 35.6 Å². The zero-order valence-electron chi connectivity index (χ0n) is 16.2. The summed E-state index contributed by atoms with van der Waals surface area (Å²) in [5, 5.41) is 7.94. The quantitative estimate of drug-likeness (QED) is 0.726. The molecule has 0 spiro atoms. The van der Waals surface area contributed by atoms with Crippen LogP contribution >= 0.6 is 0 Å². The Morgan fingerprint density at radius 3 is 2.50 bits per heavy atom. The molecule has 1 aromatic heterocycles. The van der Waals surface area contributed by atoms with Crippen molar-refractivity contribution >= 4 is 22.5 Å². The zero-order chi connectivity index (χ0) is 20.8. The van der Waals surface area contributed by atoms with Gasteiger partial charge in [0.05, 0.1) is 16.6 Å². The monoisotopic (exact) mass is 405 g/mol. The molecule has 0 radical (unpaired) electrons. The third-order valence-corrected chi connectivity index (χ3v) is 6.25. The molecular weight excluding hydrogens is 385 g/mol. The first-order valence-electron chi connectivity index (χ1n) is 10.1. The molecule has 2 aliphatic rings. The Labute approximate surface area is 171 Å². The fourth-order valence-corrected chi connectivity index (χ4v) is 4.75. The van der Waals surface area contributed by atoms with Gasteiger partial charge in [-0.2, -0.15) is 5.10 Å². The second kappa shape index (κ2) is 7.16. The lowest BCUT2D eigenvalue weighted by Crippen LogP contribution is -2.30. The number of carbonyl (C=O) groups is 2. The van der Waals surface area contributed by atoms with Gasteiger partial charge in [-0.3, -0.25) is 14.4 Å². The Morgan fingerprint density at radius 1 is 1.07 bits per heavy atom. The molecule has 1 saturated carbocycles. The van der Waals surface area contributed by atoms with Crippen molar-refractivity contribution in [2.75, 3.05) is 13.1 Å². The number of halogens is 1. The summed E-state index contributed by atoms with van der Waals surface area (Å²) in [5.41, 5.74) is 1.17. The first-order chi connectivity index (χ1) is 14.5. The maximum absolute atomic E-state index is 14.5. The Kier molecular flexibility index (Phi) is 4.46. The fourth-order valence-electron chi connectivity index (χ4n) is 4.75. The number of rotatable bonds is 3. The van der Waals surface area contributed by atoms with Crippen molar-refractivity contribution < 1.29 is 14.0 Å². The number of nitrogens with one attached hydrogen (secondary N) is 1. The lowest BCUT2D eigenvalue weighted by Gasteiger charge is -2.18. The minimum Gasteiger partial charge on any atom is -0.338 e. The van der Waals surface area contributed by atoms with Crippen molar-refractivity contribution in [1.29, 1.82) is 0 Å². The van der Waals surface area contributed by atoms with E-state index in [1.165, 1.54) is 6.07 Å².